The number of fused-ring (bicyclic) bond motifs is 1. The highest BCUT2D eigenvalue weighted by Gasteiger charge is 2.43. The molecule has 3 saturated heterocycles. The van der Waals surface area contributed by atoms with Crippen molar-refractivity contribution < 1.29 is 9.59 Å². The normalized spacial score (nSPS) is 27.0. The molecule has 0 bridgehead atoms. The zero-order valence-corrected chi connectivity index (χ0v) is 15.2. The third kappa shape index (κ3) is 2.68. The number of carbonyl (C=O) groups is 2. The maximum absolute atomic E-state index is 13.1. The van der Waals surface area contributed by atoms with E-state index in [1.165, 1.54) is 16.7 Å². The molecule has 2 atom stereocenters. The van der Waals surface area contributed by atoms with Crippen LogP contribution in [0.1, 0.15) is 23.1 Å². The van der Waals surface area contributed by atoms with Gasteiger partial charge in [-0.2, -0.15) is 0 Å². The van der Waals surface area contributed by atoms with Crippen molar-refractivity contribution in [1.29, 1.82) is 0 Å². The predicted octanol–water partition coefficient (Wildman–Crippen LogP) is 1.43. The monoisotopic (exact) mass is 342 g/mol. The van der Waals surface area contributed by atoms with Crippen LogP contribution >= 0.6 is 0 Å². The second-order valence-corrected chi connectivity index (χ2v) is 7.57. The van der Waals surface area contributed by atoms with Gasteiger partial charge in [-0.3, -0.25) is 9.69 Å². The molecule has 3 amide bonds. The number of amides is 3. The minimum atomic E-state index is -0.0574. The molecule has 1 aromatic carbocycles. The van der Waals surface area contributed by atoms with Crippen molar-refractivity contribution in [2.45, 2.75) is 39.3 Å². The van der Waals surface area contributed by atoms with E-state index in [0.29, 0.717) is 13.1 Å². The Labute approximate surface area is 148 Å². The average molecular weight is 342 g/mol. The SMILES string of the molecule is Cc1cc(C)c(N2CC[C@@H](N3CCN4C(=O)NC[C@@H]4C3)C2=O)c(C)c1. The number of hydrogen-bond donors (Lipinski definition) is 1. The van der Waals surface area contributed by atoms with E-state index in [4.69, 9.17) is 0 Å². The number of piperazine rings is 1. The maximum atomic E-state index is 13.1. The van der Waals surface area contributed by atoms with Gasteiger partial charge < -0.3 is 15.1 Å². The Balaban J connectivity index is 1.52. The van der Waals surface area contributed by atoms with Crippen LogP contribution in [0, 0.1) is 20.8 Å². The molecule has 0 radical (unpaired) electrons. The number of aryl methyl sites for hydroxylation is 3. The van der Waals surface area contributed by atoms with Gasteiger partial charge in [0, 0.05) is 38.4 Å². The topological polar surface area (TPSA) is 55.9 Å². The highest BCUT2D eigenvalue weighted by atomic mass is 16.2. The van der Waals surface area contributed by atoms with Gasteiger partial charge in [-0.05, 0) is 38.3 Å². The summed E-state index contributed by atoms with van der Waals surface area (Å²) >= 11 is 0. The predicted molar refractivity (Wildman–Crippen MR) is 96.9 cm³/mol. The molecule has 0 aromatic heterocycles. The van der Waals surface area contributed by atoms with Gasteiger partial charge in [0.25, 0.3) is 0 Å². The summed E-state index contributed by atoms with van der Waals surface area (Å²) < 4.78 is 0. The van der Waals surface area contributed by atoms with Crippen molar-refractivity contribution in [1.82, 2.24) is 15.1 Å². The van der Waals surface area contributed by atoms with Gasteiger partial charge in [-0.1, -0.05) is 17.7 Å². The summed E-state index contributed by atoms with van der Waals surface area (Å²) in [4.78, 5) is 31.1. The first kappa shape index (κ1) is 16.4. The van der Waals surface area contributed by atoms with E-state index in [9.17, 15) is 9.59 Å². The first-order valence-corrected chi connectivity index (χ1v) is 9.13. The molecule has 3 aliphatic heterocycles. The summed E-state index contributed by atoms with van der Waals surface area (Å²) in [6, 6.07) is 4.48. The van der Waals surface area contributed by atoms with Gasteiger partial charge in [-0.25, -0.2) is 4.79 Å². The summed E-state index contributed by atoms with van der Waals surface area (Å²) in [5, 5.41) is 2.90. The lowest BCUT2D eigenvalue weighted by Crippen LogP contribution is -2.56. The summed E-state index contributed by atoms with van der Waals surface area (Å²) in [6.07, 6.45) is 0.861. The second-order valence-electron chi connectivity index (χ2n) is 7.57. The van der Waals surface area contributed by atoms with Crippen molar-refractivity contribution in [3.63, 3.8) is 0 Å². The molecule has 3 fully saturated rings. The maximum Gasteiger partial charge on any atom is 0.317 e. The van der Waals surface area contributed by atoms with Crippen molar-refractivity contribution in [2.24, 2.45) is 0 Å². The fourth-order valence-corrected chi connectivity index (χ4v) is 4.74. The molecule has 134 valence electrons. The van der Waals surface area contributed by atoms with E-state index in [0.717, 1.165) is 31.7 Å². The standard InChI is InChI=1S/C19H26N4O2/c1-12-8-13(2)17(14(3)9-12)23-5-4-16(18(23)24)21-6-7-22-15(11-21)10-20-19(22)25/h8-9,15-16H,4-7,10-11H2,1-3H3,(H,20,25)/t15-,16-/m1/s1. The molecule has 3 heterocycles. The number of rotatable bonds is 2. The Hall–Kier alpha value is -2.08. The lowest BCUT2D eigenvalue weighted by atomic mass is 10.0. The van der Waals surface area contributed by atoms with E-state index in [1.54, 1.807) is 0 Å². The van der Waals surface area contributed by atoms with Crippen LogP contribution in [0.4, 0.5) is 10.5 Å². The van der Waals surface area contributed by atoms with Crippen LogP contribution in [0.25, 0.3) is 0 Å². The molecular weight excluding hydrogens is 316 g/mol. The average Bonchev–Trinajstić information content (AvgIpc) is 3.10. The molecule has 25 heavy (non-hydrogen) atoms. The Morgan fingerprint density at radius 1 is 1.04 bits per heavy atom. The Bertz CT molecular complexity index is 709. The highest BCUT2D eigenvalue weighted by molar-refractivity contribution is 6.00. The molecule has 1 N–H and O–H groups in total. The molecule has 6 heteroatoms. The van der Waals surface area contributed by atoms with Crippen molar-refractivity contribution >= 4 is 17.6 Å². The van der Waals surface area contributed by atoms with Gasteiger partial charge in [0.2, 0.25) is 5.91 Å². The molecule has 0 aliphatic carbocycles. The Morgan fingerprint density at radius 3 is 2.48 bits per heavy atom. The molecule has 6 nitrogen and oxygen atoms in total. The van der Waals surface area contributed by atoms with Gasteiger partial charge in [0.05, 0.1) is 12.1 Å². The van der Waals surface area contributed by atoms with Crippen LogP contribution in [-0.2, 0) is 4.79 Å². The third-order valence-electron chi connectivity index (χ3n) is 5.79. The Kier molecular flexibility index (Phi) is 3.95. The molecule has 3 aliphatic rings. The third-order valence-corrected chi connectivity index (χ3v) is 5.79. The number of nitrogens with zero attached hydrogens (tertiary/aromatic N) is 3. The second kappa shape index (κ2) is 6.02. The van der Waals surface area contributed by atoms with Gasteiger partial charge in [0.1, 0.15) is 0 Å². The van der Waals surface area contributed by atoms with Crippen molar-refractivity contribution in [3.05, 3.63) is 28.8 Å². The molecule has 0 unspecified atom stereocenters. The number of nitrogens with one attached hydrogen (secondary N) is 1. The van der Waals surface area contributed by atoms with Crippen LogP contribution in [0.3, 0.4) is 0 Å². The fourth-order valence-electron chi connectivity index (χ4n) is 4.74. The van der Waals surface area contributed by atoms with Crippen LogP contribution in [0.5, 0.6) is 0 Å². The summed E-state index contributed by atoms with van der Waals surface area (Å²) in [6.45, 7) is 10.0. The molecule has 0 saturated carbocycles. The first-order chi connectivity index (χ1) is 12.0. The van der Waals surface area contributed by atoms with E-state index in [-0.39, 0.29) is 24.0 Å². The largest absolute Gasteiger partial charge is 0.336 e. The molecular formula is C19H26N4O2. The minimum absolute atomic E-state index is 0.0370. The first-order valence-electron chi connectivity index (χ1n) is 9.13. The minimum Gasteiger partial charge on any atom is -0.336 e. The van der Waals surface area contributed by atoms with E-state index in [2.05, 4.69) is 43.1 Å². The van der Waals surface area contributed by atoms with Crippen molar-refractivity contribution in [2.75, 3.05) is 37.6 Å². The molecule has 1 aromatic rings. The summed E-state index contributed by atoms with van der Waals surface area (Å²) in [7, 11) is 0. The van der Waals surface area contributed by atoms with Gasteiger partial charge in [0.15, 0.2) is 0 Å². The van der Waals surface area contributed by atoms with E-state index in [1.807, 2.05) is 9.80 Å². The van der Waals surface area contributed by atoms with Crippen LogP contribution in [-0.4, -0.2) is 66.5 Å². The highest BCUT2D eigenvalue weighted by Crippen LogP contribution is 2.32. The number of benzene rings is 1. The lowest BCUT2D eigenvalue weighted by Gasteiger charge is -2.38. The number of carbonyl (C=O) groups excluding carboxylic acids is 2. The van der Waals surface area contributed by atoms with Crippen LogP contribution in [0.2, 0.25) is 0 Å². The summed E-state index contributed by atoms with van der Waals surface area (Å²) in [5.41, 5.74) is 4.65. The molecule has 0 spiro atoms. The number of urea groups is 1. The molecule has 4 rings (SSSR count). The summed E-state index contributed by atoms with van der Waals surface area (Å²) in [5.74, 6) is 0.209. The smallest absolute Gasteiger partial charge is 0.317 e. The number of anilines is 1. The lowest BCUT2D eigenvalue weighted by molar-refractivity contribution is -0.122. The number of hydrogen-bond acceptors (Lipinski definition) is 3. The Morgan fingerprint density at radius 2 is 1.76 bits per heavy atom. The van der Waals surface area contributed by atoms with E-state index < -0.39 is 0 Å². The van der Waals surface area contributed by atoms with Gasteiger partial charge >= 0.3 is 6.03 Å². The zero-order chi connectivity index (χ0) is 17.7. The fraction of sp³-hybridized carbons (Fsp3) is 0.579. The van der Waals surface area contributed by atoms with Crippen LogP contribution < -0.4 is 10.2 Å². The zero-order valence-electron chi connectivity index (χ0n) is 15.2. The van der Waals surface area contributed by atoms with Crippen LogP contribution in [0.15, 0.2) is 12.1 Å². The van der Waals surface area contributed by atoms with E-state index >= 15 is 0 Å². The van der Waals surface area contributed by atoms with Crippen molar-refractivity contribution in [3.8, 4) is 0 Å². The quantitative estimate of drug-likeness (QED) is 0.885. The van der Waals surface area contributed by atoms with Gasteiger partial charge in [-0.15, -0.1) is 0 Å².